The van der Waals surface area contributed by atoms with Crippen LogP contribution in [0.15, 0.2) is 52.9 Å². The summed E-state index contributed by atoms with van der Waals surface area (Å²) in [6.45, 7) is 1.08. The molecular weight excluding hydrogens is 332 g/mol. The van der Waals surface area contributed by atoms with Crippen LogP contribution < -0.4 is 5.48 Å². The van der Waals surface area contributed by atoms with Gasteiger partial charge in [-0.05, 0) is 48.2 Å². The largest absolute Gasteiger partial charge is 0.451 e. The summed E-state index contributed by atoms with van der Waals surface area (Å²) in [5.41, 5.74) is 4.78. The van der Waals surface area contributed by atoms with Crippen molar-refractivity contribution in [3.8, 4) is 0 Å². The molecule has 0 aliphatic carbocycles. The standard InChI is InChI=1S/C20H18N2O4/c23-19(21-25)15-7-8-16-12-22(9-3-5-13(16)10-15)20(24)18-11-14-4-1-2-6-17(14)26-18/h1-2,4,6-8,10-11,25H,3,5,9,12H2,(H,21,23). The van der Waals surface area contributed by atoms with Crippen LogP contribution in [0.3, 0.4) is 0 Å². The number of nitrogens with zero attached hydrogens (tertiary/aromatic N) is 1. The quantitative estimate of drug-likeness (QED) is 0.549. The first-order valence-electron chi connectivity index (χ1n) is 8.50. The SMILES string of the molecule is O=C(NO)c1ccc2c(c1)CCCN(C(=O)c1cc3ccccc3o1)C2. The van der Waals surface area contributed by atoms with Gasteiger partial charge in [0.15, 0.2) is 5.76 Å². The number of amides is 2. The first-order valence-corrected chi connectivity index (χ1v) is 8.50. The second kappa shape index (κ2) is 6.65. The number of hydroxylamine groups is 1. The highest BCUT2D eigenvalue weighted by Crippen LogP contribution is 2.24. The molecule has 0 bridgehead atoms. The Morgan fingerprint density at radius 1 is 1.08 bits per heavy atom. The second-order valence-electron chi connectivity index (χ2n) is 6.40. The summed E-state index contributed by atoms with van der Waals surface area (Å²) in [5, 5.41) is 9.69. The Bertz CT molecular complexity index is 959. The first-order chi connectivity index (χ1) is 12.7. The van der Waals surface area contributed by atoms with E-state index in [2.05, 4.69) is 0 Å². The summed E-state index contributed by atoms with van der Waals surface area (Å²) in [6, 6.07) is 14.6. The fourth-order valence-corrected chi connectivity index (χ4v) is 3.38. The van der Waals surface area contributed by atoms with Gasteiger partial charge in [-0.15, -0.1) is 0 Å². The van der Waals surface area contributed by atoms with Crippen molar-refractivity contribution in [2.75, 3.05) is 6.54 Å². The zero-order valence-corrected chi connectivity index (χ0v) is 14.1. The molecule has 1 aromatic heterocycles. The number of benzene rings is 2. The van der Waals surface area contributed by atoms with Crippen LogP contribution in [0, 0.1) is 0 Å². The van der Waals surface area contributed by atoms with Crippen LogP contribution in [0.4, 0.5) is 0 Å². The van der Waals surface area contributed by atoms with Gasteiger partial charge in [0, 0.05) is 24.0 Å². The Morgan fingerprint density at radius 3 is 2.73 bits per heavy atom. The molecule has 2 N–H and O–H groups in total. The maximum Gasteiger partial charge on any atom is 0.289 e. The number of nitrogens with one attached hydrogen (secondary N) is 1. The summed E-state index contributed by atoms with van der Waals surface area (Å²) in [5.74, 6) is -0.329. The summed E-state index contributed by atoms with van der Waals surface area (Å²) < 4.78 is 5.71. The van der Waals surface area contributed by atoms with Gasteiger partial charge in [0.1, 0.15) is 5.58 Å². The maximum atomic E-state index is 12.9. The number of carbonyl (C=O) groups is 2. The Kier molecular flexibility index (Phi) is 4.18. The highest BCUT2D eigenvalue weighted by atomic mass is 16.5. The van der Waals surface area contributed by atoms with E-state index in [0.717, 1.165) is 29.4 Å². The van der Waals surface area contributed by atoms with Gasteiger partial charge < -0.3 is 9.32 Å². The van der Waals surface area contributed by atoms with E-state index in [9.17, 15) is 9.59 Å². The van der Waals surface area contributed by atoms with E-state index in [0.29, 0.717) is 30.0 Å². The maximum absolute atomic E-state index is 12.9. The lowest BCUT2D eigenvalue weighted by atomic mass is 10.0. The molecule has 0 radical (unpaired) electrons. The van der Waals surface area contributed by atoms with Crippen molar-refractivity contribution in [2.45, 2.75) is 19.4 Å². The molecule has 4 rings (SSSR count). The Hall–Kier alpha value is -3.12. The lowest BCUT2D eigenvalue weighted by Crippen LogP contribution is -2.30. The molecule has 132 valence electrons. The molecule has 2 aromatic carbocycles. The second-order valence-corrected chi connectivity index (χ2v) is 6.40. The van der Waals surface area contributed by atoms with E-state index >= 15 is 0 Å². The number of para-hydroxylation sites is 1. The van der Waals surface area contributed by atoms with Crippen LogP contribution in [0.5, 0.6) is 0 Å². The number of furan rings is 1. The third-order valence-corrected chi connectivity index (χ3v) is 4.73. The molecule has 2 amide bonds. The average molecular weight is 350 g/mol. The normalized spacial score (nSPS) is 14.0. The van der Waals surface area contributed by atoms with Crippen LogP contribution in [0.1, 0.15) is 38.5 Å². The van der Waals surface area contributed by atoms with Gasteiger partial charge in [-0.3, -0.25) is 14.8 Å². The van der Waals surface area contributed by atoms with Gasteiger partial charge in [-0.1, -0.05) is 24.3 Å². The first kappa shape index (κ1) is 16.4. The van der Waals surface area contributed by atoms with Crippen molar-refractivity contribution >= 4 is 22.8 Å². The lowest BCUT2D eigenvalue weighted by Gasteiger charge is -2.19. The van der Waals surface area contributed by atoms with Crippen LogP contribution in [0.2, 0.25) is 0 Å². The third kappa shape index (κ3) is 2.95. The topological polar surface area (TPSA) is 82.8 Å². The van der Waals surface area contributed by atoms with Gasteiger partial charge in [0.2, 0.25) is 0 Å². The molecule has 3 aromatic rings. The van der Waals surface area contributed by atoms with Gasteiger partial charge in [-0.2, -0.15) is 0 Å². The minimum Gasteiger partial charge on any atom is -0.451 e. The zero-order chi connectivity index (χ0) is 18.1. The molecule has 6 heteroatoms. The minimum absolute atomic E-state index is 0.133. The fourth-order valence-electron chi connectivity index (χ4n) is 3.38. The number of hydrogen-bond acceptors (Lipinski definition) is 4. The molecule has 0 spiro atoms. The molecule has 0 fully saturated rings. The molecule has 0 saturated heterocycles. The van der Waals surface area contributed by atoms with Crippen LogP contribution in [-0.4, -0.2) is 28.5 Å². The van der Waals surface area contributed by atoms with Gasteiger partial charge in [0.25, 0.3) is 11.8 Å². The number of fused-ring (bicyclic) bond motifs is 2. The average Bonchev–Trinajstić information content (AvgIpc) is 2.99. The summed E-state index contributed by atoms with van der Waals surface area (Å²) in [4.78, 5) is 26.3. The Labute approximate surface area is 150 Å². The Morgan fingerprint density at radius 2 is 1.92 bits per heavy atom. The summed E-state index contributed by atoms with van der Waals surface area (Å²) >= 11 is 0. The van der Waals surface area contributed by atoms with E-state index in [-0.39, 0.29) is 5.91 Å². The van der Waals surface area contributed by atoms with Crippen molar-refractivity contribution in [2.24, 2.45) is 0 Å². The molecule has 26 heavy (non-hydrogen) atoms. The molecule has 0 atom stereocenters. The summed E-state index contributed by atoms with van der Waals surface area (Å²) in [6.07, 6.45) is 1.56. The zero-order valence-electron chi connectivity index (χ0n) is 14.1. The monoisotopic (exact) mass is 350 g/mol. The van der Waals surface area contributed by atoms with E-state index in [4.69, 9.17) is 9.62 Å². The van der Waals surface area contributed by atoms with Crippen molar-refractivity contribution in [1.29, 1.82) is 0 Å². The van der Waals surface area contributed by atoms with Crippen molar-refractivity contribution in [3.63, 3.8) is 0 Å². The van der Waals surface area contributed by atoms with Gasteiger partial charge >= 0.3 is 0 Å². The number of carbonyl (C=O) groups excluding carboxylic acids is 2. The summed E-state index contributed by atoms with van der Waals surface area (Å²) in [7, 11) is 0. The van der Waals surface area contributed by atoms with Crippen molar-refractivity contribution < 1.29 is 19.2 Å². The highest BCUT2D eigenvalue weighted by Gasteiger charge is 2.23. The van der Waals surface area contributed by atoms with Crippen molar-refractivity contribution in [3.05, 3.63) is 71.0 Å². The third-order valence-electron chi connectivity index (χ3n) is 4.73. The molecule has 6 nitrogen and oxygen atoms in total. The van der Waals surface area contributed by atoms with Crippen LogP contribution in [-0.2, 0) is 13.0 Å². The molecule has 0 saturated carbocycles. The van der Waals surface area contributed by atoms with E-state index < -0.39 is 5.91 Å². The molecular formula is C20H18N2O4. The van der Waals surface area contributed by atoms with E-state index in [1.807, 2.05) is 30.3 Å². The number of rotatable bonds is 2. The smallest absolute Gasteiger partial charge is 0.289 e. The molecule has 2 heterocycles. The van der Waals surface area contributed by atoms with E-state index in [1.165, 1.54) is 0 Å². The van der Waals surface area contributed by atoms with Crippen molar-refractivity contribution in [1.82, 2.24) is 10.4 Å². The molecule has 1 aliphatic rings. The molecule has 0 unspecified atom stereocenters. The Balaban J connectivity index is 1.60. The van der Waals surface area contributed by atoms with Crippen LogP contribution in [0.25, 0.3) is 11.0 Å². The predicted molar refractivity (Wildman–Crippen MR) is 95.0 cm³/mol. The number of hydrogen-bond donors (Lipinski definition) is 2. The minimum atomic E-state index is -0.535. The lowest BCUT2D eigenvalue weighted by molar-refractivity contribution is 0.0703. The number of aryl methyl sites for hydroxylation is 1. The van der Waals surface area contributed by atoms with Gasteiger partial charge in [0.05, 0.1) is 0 Å². The van der Waals surface area contributed by atoms with E-state index in [1.54, 1.807) is 28.6 Å². The molecule has 1 aliphatic heterocycles. The predicted octanol–water partition coefficient (Wildman–Crippen LogP) is 3.14. The fraction of sp³-hybridized carbons (Fsp3) is 0.200. The highest BCUT2D eigenvalue weighted by molar-refractivity contribution is 5.96. The van der Waals surface area contributed by atoms with Gasteiger partial charge in [-0.25, -0.2) is 5.48 Å². The van der Waals surface area contributed by atoms with Crippen LogP contribution >= 0.6 is 0 Å².